The van der Waals surface area contributed by atoms with Gasteiger partial charge in [0, 0.05) is 23.5 Å². The van der Waals surface area contributed by atoms with Gasteiger partial charge in [0.1, 0.15) is 17.7 Å². The molecule has 0 aliphatic carbocycles. The lowest BCUT2D eigenvalue weighted by Crippen LogP contribution is -2.47. The first-order valence-electron chi connectivity index (χ1n) is 14.1. The van der Waals surface area contributed by atoms with Crippen molar-refractivity contribution >= 4 is 23.5 Å². The van der Waals surface area contributed by atoms with E-state index >= 15 is 0 Å². The van der Waals surface area contributed by atoms with Crippen molar-refractivity contribution < 1.29 is 37.4 Å². The second-order valence-corrected chi connectivity index (χ2v) is 10.9. The van der Waals surface area contributed by atoms with Gasteiger partial charge >= 0.3 is 6.16 Å². The van der Waals surface area contributed by atoms with Gasteiger partial charge in [-0.25, -0.2) is 18.6 Å². The molecule has 1 aromatic heterocycles. The Hall–Kier alpha value is -4.80. The van der Waals surface area contributed by atoms with E-state index in [-0.39, 0.29) is 42.1 Å². The number of halogens is 2. The van der Waals surface area contributed by atoms with Crippen molar-refractivity contribution in [2.24, 2.45) is 11.8 Å². The van der Waals surface area contributed by atoms with Crippen molar-refractivity contribution in [1.82, 2.24) is 15.6 Å². The van der Waals surface area contributed by atoms with Crippen molar-refractivity contribution in [1.29, 1.82) is 0 Å². The molecule has 0 aliphatic heterocycles. The van der Waals surface area contributed by atoms with E-state index in [1.807, 2.05) is 27.7 Å². The summed E-state index contributed by atoms with van der Waals surface area (Å²) >= 11 is 0. The number of hydrogen-bond acceptors (Lipinski definition) is 7. The number of amides is 2. The normalized spacial score (nSPS) is 11.5. The molecule has 2 N–H and O–H groups in total. The van der Waals surface area contributed by atoms with Crippen LogP contribution in [-0.4, -0.2) is 42.7 Å². The number of ether oxygens (including phenoxy) is 3. The zero-order valence-electron chi connectivity index (χ0n) is 25.6. The van der Waals surface area contributed by atoms with Crippen molar-refractivity contribution in [3.8, 4) is 11.5 Å². The Bertz CT molecular complexity index is 1440. The predicted molar refractivity (Wildman–Crippen MR) is 161 cm³/mol. The van der Waals surface area contributed by atoms with Crippen LogP contribution in [0.5, 0.6) is 11.5 Å². The molecule has 44 heavy (non-hydrogen) atoms. The zero-order valence-corrected chi connectivity index (χ0v) is 25.6. The Morgan fingerprint density at radius 3 is 1.93 bits per heavy atom. The summed E-state index contributed by atoms with van der Waals surface area (Å²) in [5.74, 6) is -2.32. The van der Waals surface area contributed by atoms with Gasteiger partial charge in [-0.2, -0.15) is 0 Å². The molecule has 234 valence electrons. The third-order valence-electron chi connectivity index (χ3n) is 6.30. The van der Waals surface area contributed by atoms with Gasteiger partial charge in [-0.15, -0.1) is 0 Å². The summed E-state index contributed by atoms with van der Waals surface area (Å²) in [6, 6.07) is 11.8. The summed E-state index contributed by atoms with van der Waals surface area (Å²) in [6.07, 6.45) is 0.525. The van der Waals surface area contributed by atoms with Crippen LogP contribution in [0, 0.1) is 23.5 Å². The van der Waals surface area contributed by atoms with Gasteiger partial charge in [0.25, 0.3) is 5.91 Å². The van der Waals surface area contributed by atoms with Crippen LogP contribution < -0.4 is 20.1 Å². The maximum Gasteiger partial charge on any atom is 0.514 e. The highest BCUT2D eigenvalue weighted by Crippen LogP contribution is 2.30. The van der Waals surface area contributed by atoms with Crippen molar-refractivity contribution in [3.05, 3.63) is 94.9 Å². The molecule has 0 spiro atoms. The van der Waals surface area contributed by atoms with Crippen LogP contribution in [-0.2, 0) is 9.53 Å². The van der Waals surface area contributed by atoms with E-state index in [9.17, 15) is 23.2 Å². The molecule has 1 heterocycles. The molecule has 0 saturated heterocycles. The fourth-order valence-corrected chi connectivity index (χ4v) is 4.30. The minimum Gasteiger partial charge on any atom is -0.493 e. The molecular weight excluding hydrogens is 572 g/mol. The number of pyridine rings is 1. The number of aromatic nitrogens is 1. The fraction of sp³-hybridized carbons (Fsp3) is 0.333. The largest absolute Gasteiger partial charge is 0.514 e. The number of benzene rings is 2. The first-order valence-corrected chi connectivity index (χ1v) is 14.1. The van der Waals surface area contributed by atoms with Gasteiger partial charge in [0.2, 0.25) is 11.7 Å². The predicted octanol–water partition coefficient (Wildman–Crippen LogP) is 6.28. The second kappa shape index (κ2) is 15.6. The van der Waals surface area contributed by atoms with Crippen LogP contribution >= 0.6 is 0 Å². The van der Waals surface area contributed by atoms with Gasteiger partial charge in [0.15, 0.2) is 11.4 Å². The first kappa shape index (κ1) is 33.7. The monoisotopic (exact) mass is 609 g/mol. The highest BCUT2D eigenvalue weighted by atomic mass is 19.1. The zero-order chi connectivity index (χ0) is 32.4. The van der Waals surface area contributed by atoms with Crippen LogP contribution in [0.25, 0.3) is 5.57 Å². The molecule has 0 fully saturated rings. The Kier molecular flexibility index (Phi) is 12.0. The molecule has 2 aromatic carbocycles. The molecule has 0 bridgehead atoms. The van der Waals surface area contributed by atoms with Crippen LogP contribution in [0.4, 0.5) is 13.6 Å². The van der Waals surface area contributed by atoms with Gasteiger partial charge in [-0.1, -0.05) is 52.0 Å². The molecular formula is C33H37F2N3O6. The Morgan fingerprint density at radius 1 is 0.864 bits per heavy atom. The molecule has 3 aromatic rings. The molecule has 11 heteroatoms. The first-order chi connectivity index (χ1) is 20.9. The average molecular weight is 610 g/mol. The maximum absolute atomic E-state index is 13.7. The van der Waals surface area contributed by atoms with Crippen LogP contribution in [0.2, 0.25) is 0 Å². The van der Waals surface area contributed by atoms with Gasteiger partial charge in [-0.05, 0) is 60.6 Å². The second-order valence-electron chi connectivity index (χ2n) is 10.9. The highest BCUT2D eigenvalue weighted by molar-refractivity contribution is 5.99. The fourth-order valence-electron chi connectivity index (χ4n) is 4.30. The van der Waals surface area contributed by atoms with Crippen LogP contribution in [0.3, 0.4) is 0 Å². The standard InChI is InChI=1S/C33H37F2N3O6/c1-19(2)17-26(38-32(40)29-30(27(42-6)15-16-36-29)44-33(41)43-18-20(3)4)31(39)37-21(5)28(22-7-11-24(34)12-8-22)23-9-13-25(35)14-10-23/h7-16,19-20,26H,17-18H2,1-6H3,(H,37,39)(H,38,40)/t26-/m0/s1. The van der Waals surface area contributed by atoms with E-state index in [1.54, 1.807) is 31.2 Å². The number of methoxy groups -OCH3 is 1. The molecule has 0 aliphatic rings. The van der Waals surface area contributed by atoms with E-state index in [2.05, 4.69) is 15.6 Å². The lowest BCUT2D eigenvalue weighted by atomic mass is 9.95. The van der Waals surface area contributed by atoms with Crippen molar-refractivity contribution in [2.45, 2.75) is 47.1 Å². The molecule has 0 radical (unpaired) electrons. The average Bonchev–Trinajstić information content (AvgIpc) is 2.97. The lowest BCUT2D eigenvalue weighted by Gasteiger charge is -2.22. The minimum atomic E-state index is -1.04. The van der Waals surface area contributed by atoms with Crippen LogP contribution in [0.1, 0.15) is 62.7 Å². The smallest absolute Gasteiger partial charge is 0.493 e. The summed E-state index contributed by atoms with van der Waals surface area (Å²) in [6.45, 7) is 9.25. The number of hydrogen-bond donors (Lipinski definition) is 2. The van der Waals surface area contributed by atoms with Gasteiger partial charge < -0.3 is 24.8 Å². The third kappa shape index (κ3) is 9.35. The Morgan fingerprint density at radius 2 is 1.43 bits per heavy atom. The molecule has 2 amide bonds. The minimum absolute atomic E-state index is 0.0102. The number of rotatable bonds is 12. The molecule has 0 unspecified atom stereocenters. The number of carbonyl (C=O) groups excluding carboxylic acids is 3. The van der Waals surface area contributed by atoms with Gasteiger partial charge in [-0.3, -0.25) is 9.59 Å². The Labute approximate surface area is 255 Å². The van der Waals surface area contributed by atoms with Crippen molar-refractivity contribution in [3.63, 3.8) is 0 Å². The van der Waals surface area contributed by atoms with Gasteiger partial charge in [0.05, 0.1) is 13.7 Å². The molecule has 0 saturated carbocycles. The Balaban J connectivity index is 1.93. The number of nitrogens with zero attached hydrogens (tertiary/aromatic N) is 1. The molecule has 1 atom stereocenters. The molecule has 9 nitrogen and oxygen atoms in total. The number of allylic oxidation sites excluding steroid dienone is 1. The number of carbonyl (C=O) groups is 3. The van der Waals surface area contributed by atoms with E-state index < -0.39 is 35.6 Å². The van der Waals surface area contributed by atoms with Crippen molar-refractivity contribution in [2.75, 3.05) is 13.7 Å². The third-order valence-corrected chi connectivity index (χ3v) is 6.30. The van der Waals surface area contributed by atoms with E-state index in [0.29, 0.717) is 22.4 Å². The lowest BCUT2D eigenvalue weighted by molar-refractivity contribution is -0.122. The summed E-state index contributed by atoms with van der Waals surface area (Å²) in [7, 11) is 1.34. The summed E-state index contributed by atoms with van der Waals surface area (Å²) in [5, 5.41) is 5.55. The summed E-state index contributed by atoms with van der Waals surface area (Å²) in [4.78, 5) is 43.5. The van der Waals surface area contributed by atoms with E-state index in [0.717, 1.165) is 0 Å². The van der Waals surface area contributed by atoms with E-state index in [1.165, 1.54) is 43.6 Å². The topological polar surface area (TPSA) is 116 Å². The molecule has 3 rings (SSSR count). The maximum atomic E-state index is 13.7. The SMILES string of the molecule is COc1ccnc(C(=O)N[C@@H](CC(C)C)C(=O)NC(C)=C(c2ccc(F)cc2)c2ccc(F)cc2)c1OC(=O)OCC(C)C. The van der Waals surface area contributed by atoms with E-state index in [4.69, 9.17) is 14.2 Å². The van der Waals surface area contributed by atoms with Crippen LogP contribution in [0.15, 0.2) is 66.5 Å². The summed E-state index contributed by atoms with van der Waals surface area (Å²) in [5.41, 5.74) is 1.84. The summed E-state index contributed by atoms with van der Waals surface area (Å²) < 4.78 is 43.1. The highest BCUT2D eigenvalue weighted by Gasteiger charge is 2.28. The number of nitrogens with one attached hydrogen (secondary N) is 2. The quantitative estimate of drug-likeness (QED) is 0.232.